The number of hydrogen-bond acceptors (Lipinski definition) is 5. The Kier molecular flexibility index (Phi) is 5.67. The predicted molar refractivity (Wildman–Crippen MR) is 90.0 cm³/mol. The summed E-state index contributed by atoms with van der Waals surface area (Å²) in [5.41, 5.74) is 2.29. The van der Waals surface area contributed by atoms with Crippen LogP contribution in [-0.4, -0.2) is 68.9 Å². The van der Waals surface area contributed by atoms with E-state index in [1.807, 2.05) is 25.1 Å². The van der Waals surface area contributed by atoms with Gasteiger partial charge in [-0.2, -0.15) is 0 Å². The third kappa shape index (κ3) is 4.44. The van der Waals surface area contributed by atoms with Gasteiger partial charge in [-0.05, 0) is 30.2 Å². The van der Waals surface area contributed by atoms with E-state index < -0.39 is 16.1 Å². The fourth-order valence-corrected chi connectivity index (χ4v) is 4.03. The normalized spacial score (nSPS) is 22.7. The summed E-state index contributed by atoms with van der Waals surface area (Å²) in [6.07, 6.45) is -0.608. The summed E-state index contributed by atoms with van der Waals surface area (Å²) in [4.78, 5) is 2.11. The van der Waals surface area contributed by atoms with Crippen molar-refractivity contribution in [3.8, 4) is 5.75 Å². The van der Waals surface area contributed by atoms with Crippen molar-refractivity contribution in [2.45, 2.75) is 19.6 Å². The van der Waals surface area contributed by atoms with Crippen molar-refractivity contribution in [1.29, 1.82) is 0 Å². The Hall–Kier alpha value is -1.15. The van der Waals surface area contributed by atoms with Gasteiger partial charge in [0.15, 0.2) is 0 Å². The van der Waals surface area contributed by atoms with Crippen molar-refractivity contribution in [2.24, 2.45) is 5.92 Å². The maximum atomic E-state index is 12.0. The van der Waals surface area contributed by atoms with Gasteiger partial charge in [0.1, 0.15) is 5.75 Å². The van der Waals surface area contributed by atoms with Gasteiger partial charge in [-0.25, -0.2) is 12.7 Å². The van der Waals surface area contributed by atoms with Crippen LogP contribution in [0, 0.1) is 12.8 Å². The van der Waals surface area contributed by atoms with Gasteiger partial charge < -0.3 is 9.84 Å². The summed E-state index contributed by atoms with van der Waals surface area (Å²) in [7, 11) is 1.39. The number of sulfonamides is 1. The van der Waals surface area contributed by atoms with E-state index in [0.717, 1.165) is 16.9 Å². The van der Waals surface area contributed by atoms with Crippen LogP contribution >= 0.6 is 0 Å². The van der Waals surface area contributed by atoms with Crippen LogP contribution in [0.15, 0.2) is 18.2 Å². The second-order valence-corrected chi connectivity index (χ2v) is 8.60. The average molecular weight is 342 g/mol. The van der Waals surface area contributed by atoms with Crippen molar-refractivity contribution >= 4 is 10.0 Å². The number of rotatable bonds is 6. The Morgan fingerprint density at radius 3 is 2.61 bits per heavy atom. The van der Waals surface area contributed by atoms with Crippen molar-refractivity contribution in [3.05, 3.63) is 29.3 Å². The van der Waals surface area contributed by atoms with Crippen LogP contribution in [0.3, 0.4) is 0 Å². The standard InChI is InChI=1S/C16H26N2O4S/c1-12-7-15(22-4)6-5-13(12)8-18-9-14(16(19)10-18)11-23(20,21)17(2)3/h5-7,14,16,19H,8-11H2,1-4H3. The van der Waals surface area contributed by atoms with Crippen LogP contribution in [0.5, 0.6) is 5.75 Å². The highest BCUT2D eigenvalue weighted by atomic mass is 32.2. The van der Waals surface area contributed by atoms with E-state index in [0.29, 0.717) is 19.6 Å². The predicted octanol–water partition coefficient (Wildman–Crippen LogP) is 0.688. The van der Waals surface area contributed by atoms with Crippen LogP contribution in [0.25, 0.3) is 0 Å². The molecule has 23 heavy (non-hydrogen) atoms. The maximum Gasteiger partial charge on any atom is 0.214 e. The molecular formula is C16H26N2O4S. The minimum Gasteiger partial charge on any atom is -0.497 e. The highest BCUT2D eigenvalue weighted by Crippen LogP contribution is 2.24. The van der Waals surface area contributed by atoms with Crippen LogP contribution in [-0.2, 0) is 16.6 Å². The van der Waals surface area contributed by atoms with Gasteiger partial charge in [0, 0.05) is 39.6 Å². The number of methoxy groups -OCH3 is 1. The van der Waals surface area contributed by atoms with Gasteiger partial charge in [0.05, 0.1) is 19.0 Å². The Morgan fingerprint density at radius 1 is 1.35 bits per heavy atom. The number of β-amino-alcohol motifs (C(OH)–C–C–N with tert-alkyl or cyclic N) is 1. The van der Waals surface area contributed by atoms with E-state index in [4.69, 9.17) is 4.74 Å². The minimum atomic E-state index is -3.30. The zero-order chi connectivity index (χ0) is 17.2. The first-order valence-corrected chi connectivity index (χ1v) is 9.28. The van der Waals surface area contributed by atoms with Gasteiger partial charge in [0.2, 0.25) is 10.0 Å². The molecule has 1 aliphatic heterocycles. The largest absolute Gasteiger partial charge is 0.497 e. The van der Waals surface area contributed by atoms with E-state index in [-0.39, 0.29) is 11.7 Å². The van der Waals surface area contributed by atoms with Gasteiger partial charge in [-0.3, -0.25) is 4.90 Å². The van der Waals surface area contributed by atoms with E-state index in [9.17, 15) is 13.5 Å². The first-order chi connectivity index (χ1) is 10.7. The molecule has 0 aromatic heterocycles. The fraction of sp³-hybridized carbons (Fsp3) is 0.625. The highest BCUT2D eigenvalue weighted by molar-refractivity contribution is 7.89. The summed E-state index contributed by atoms with van der Waals surface area (Å²) < 4.78 is 30.4. The molecule has 0 aliphatic carbocycles. The number of nitrogens with zero attached hydrogens (tertiary/aromatic N) is 2. The van der Waals surface area contributed by atoms with Crippen molar-refractivity contribution in [2.75, 3.05) is 40.0 Å². The molecule has 1 N–H and O–H groups in total. The van der Waals surface area contributed by atoms with E-state index in [1.54, 1.807) is 7.11 Å². The maximum absolute atomic E-state index is 12.0. The SMILES string of the molecule is COc1ccc(CN2CC(O)C(CS(=O)(=O)N(C)C)C2)c(C)c1. The van der Waals surface area contributed by atoms with Crippen LogP contribution in [0.4, 0.5) is 0 Å². The lowest BCUT2D eigenvalue weighted by atomic mass is 10.1. The smallest absolute Gasteiger partial charge is 0.214 e. The van der Waals surface area contributed by atoms with Crippen molar-refractivity contribution in [1.82, 2.24) is 9.21 Å². The molecule has 0 amide bonds. The minimum absolute atomic E-state index is 0.0146. The Balaban J connectivity index is 2.02. The molecule has 6 nitrogen and oxygen atoms in total. The molecule has 1 aliphatic rings. The third-order valence-electron chi connectivity index (χ3n) is 4.41. The lowest BCUT2D eigenvalue weighted by Crippen LogP contribution is -2.33. The fourth-order valence-electron chi connectivity index (χ4n) is 2.87. The summed E-state index contributed by atoms with van der Waals surface area (Å²) in [5.74, 6) is 0.558. The lowest BCUT2D eigenvalue weighted by Gasteiger charge is -2.18. The van der Waals surface area contributed by atoms with Gasteiger partial charge in [-0.15, -0.1) is 0 Å². The molecule has 2 unspecified atom stereocenters. The number of aryl methyl sites for hydroxylation is 1. The number of hydrogen-bond donors (Lipinski definition) is 1. The number of likely N-dealkylation sites (tertiary alicyclic amines) is 1. The Morgan fingerprint density at radius 2 is 2.04 bits per heavy atom. The van der Waals surface area contributed by atoms with Crippen LogP contribution in [0.1, 0.15) is 11.1 Å². The molecule has 0 bridgehead atoms. The molecule has 7 heteroatoms. The molecular weight excluding hydrogens is 316 g/mol. The second-order valence-electron chi connectivity index (χ2n) is 6.37. The molecule has 1 fully saturated rings. The molecule has 0 saturated carbocycles. The van der Waals surface area contributed by atoms with E-state index in [1.165, 1.54) is 18.4 Å². The van der Waals surface area contributed by atoms with E-state index in [2.05, 4.69) is 4.90 Å². The molecule has 0 radical (unpaired) electrons. The number of benzene rings is 1. The van der Waals surface area contributed by atoms with Crippen molar-refractivity contribution in [3.63, 3.8) is 0 Å². The molecule has 130 valence electrons. The third-order valence-corrected chi connectivity index (χ3v) is 6.37. The zero-order valence-corrected chi connectivity index (χ0v) is 15.0. The first-order valence-electron chi connectivity index (χ1n) is 7.67. The molecule has 2 rings (SSSR count). The molecule has 2 atom stereocenters. The summed E-state index contributed by atoms with van der Waals surface area (Å²) >= 11 is 0. The lowest BCUT2D eigenvalue weighted by molar-refractivity contribution is 0.148. The monoisotopic (exact) mass is 342 g/mol. The molecule has 1 aromatic rings. The van der Waals surface area contributed by atoms with Gasteiger partial charge in [0.25, 0.3) is 0 Å². The summed E-state index contributed by atoms with van der Waals surface area (Å²) in [6, 6.07) is 5.92. The first kappa shape index (κ1) is 18.2. The Labute approximate surface area is 138 Å². The van der Waals surface area contributed by atoms with Gasteiger partial charge >= 0.3 is 0 Å². The Bertz CT molecular complexity index is 645. The van der Waals surface area contributed by atoms with Crippen LogP contribution < -0.4 is 4.74 Å². The average Bonchev–Trinajstić information content (AvgIpc) is 2.80. The number of ether oxygens (including phenoxy) is 1. The quantitative estimate of drug-likeness (QED) is 0.824. The molecule has 1 saturated heterocycles. The second kappa shape index (κ2) is 7.17. The zero-order valence-electron chi connectivity index (χ0n) is 14.2. The molecule has 0 spiro atoms. The molecule has 1 aromatic carbocycles. The number of aliphatic hydroxyl groups excluding tert-OH is 1. The molecule has 1 heterocycles. The number of aliphatic hydroxyl groups is 1. The van der Waals surface area contributed by atoms with Crippen molar-refractivity contribution < 1.29 is 18.3 Å². The van der Waals surface area contributed by atoms with Gasteiger partial charge in [-0.1, -0.05) is 6.07 Å². The topological polar surface area (TPSA) is 70.1 Å². The highest BCUT2D eigenvalue weighted by Gasteiger charge is 2.35. The summed E-state index contributed by atoms with van der Waals surface area (Å²) in [5, 5.41) is 10.2. The summed E-state index contributed by atoms with van der Waals surface area (Å²) in [6.45, 7) is 3.81. The van der Waals surface area contributed by atoms with E-state index >= 15 is 0 Å². The van der Waals surface area contributed by atoms with Crippen LogP contribution in [0.2, 0.25) is 0 Å².